The molecule has 4 aromatic rings. The lowest BCUT2D eigenvalue weighted by atomic mass is 10.0. The second-order valence-electron chi connectivity index (χ2n) is 10.6. The number of aryl methyl sites for hydroxylation is 1. The van der Waals surface area contributed by atoms with Gasteiger partial charge in [-0.2, -0.15) is 9.97 Å². The van der Waals surface area contributed by atoms with E-state index in [0.29, 0.717) is 47.1 Å². The normalized spacial score (nSPS) is 21.2. The average molecular weight is 547 g/mol. The van der Waals surface area contributed by atoms with Crippen LogP contribution in [-0.4, -0.2) is 81.8 Å². The quantitative estimate of drug-likeness (QED) is 0.357. The van der Waals surface area contributed by atoms with E-state index in [1.54, 1.807) is 22.9 Å². The Morgan fingerprint density at radius 3 is 2.75 bits per heavy atom. The Morgan fingerprint density at radius 1 is 1.18 bits per heavy atom. The van der Waals surface area contributed by atoms with Crippen molar-refractivity contribution in [2.45, 2.75) is 51.8 Å². The van der Waals surface area contributed by atoms with Crippen molar-refractivity contribution in [3.8, 4) is 11.9 Å². The van der Waals surface area contributed by atoms with Crippen molar-refractivity contribution in [3.05, 3.63) is 42.0 Å². The molecule has 12 nitrogen and oxygen atoms in total. The molecule has 0 saturated carbocycles. The maximum absolute atomic E-state index is 13.7. The topological polar surface area (TPSA) is 128 Å². The van der Waals surface area contributed by atoms with Gasteiger partial charge >= 0.3 is 6.01 Å². The number of amides is 1. The summed E-state index contributed by atoms with van der Waals surface area (Å²) >= 11 is 0. The van der Waals surface area contributed by atoms with Crippen LogP contribution in [-0.2, 0) is 4.74 Å². The van der Waals surface area contributed by atoms with E-state index in [2.05, 4.69) is 44.3 Å². The van der Waals surface area contributed by atoms with Crippen molar-refractivity contribution in [1.82, 2.24) is 29.7 Å². The molecule has 2 fully saturated rings. The van der Waals surface area contributed by atoms with E-state index in [-0.39, 0.29) is 18.0 Å². The van der Waals surface area contributed by atoms with Crippen LogP contribution in [0.1, 0.15) is 42.7 Å². The van der Waals surface area contributed by atoms with E-state index in [9.17, 15) is 4.79 Å². The van der Waals surface area contributed by atoms with Gasteiger partial charge in [-0.05, 0) is 45.7 Å². The number of hydrogen-bond acceptors (Lipinski definition) is 10. The fourth-order valence-electron chi connectivity index (χ4n) is 5.56. The number of imidazole rings is 1. The molecule has 0 radical (unpaired) electrons. The first-order chi connectivity index (χ1) is 19.4. The first-order valence-corrected chi connectivity index (χ1v) is 13.6. The maximum atomic E-state index is 13.7. The summed E-state index contributed by atoms with van der Waals surface area (Å²) in [4.78, 5) is 34.1. The monoisotopic (exact) mass is 546 g/mol. The molecule has 6 rings (SSSR count). The zero-order chi connectivity index (χ0) is 27.8. The first kappa shape index (κ1) is 26.2. The van der Waals surface area contributed by atoms with Gasteiger partial charge in [-0.1, -0.05) is 0 Å². The lowest BCUT2D eigenvalue weighted by molar-refractivity contribution is 0.0646. The van der Waals surface area contributed by atoms with Crippen molar-refractivity contribution in [2.24, 2.45) is 0 Å². The van der Waals surface area contributed by atoms with Gasteiger partial charge in [-0.3, -0.25) is 9.20 Å². The van der Waals surface area contributed by atoms with E-state index in [1.807, 2.05) is 19.2 Å². The Balaban J connectivity index is 1.36. The number of nitrogens with zero attached hydrogens (tertiary/aromatic N) is 6. The number of carbonyl (C=O) groups excluding carboxylic acids is 1. The van der Waals surface area contributed by atoms with Crippen LogP contribution in [0.4, 0.5) is 11.5 Å². The summed E-state index contributed by atoms with van der Waals surface area (Å²) in [7, 11) is 1.52. The molecular weight excluding hydrogens is 512 g/mol. The second-order valence-corrected chi connectivity index (χ2v) is 10.6. The largest absolute Gasteiger partial charge is 0.478 e. The van der Waals surface area contributed by atoms with Crippen LogP contribution in [0.3, 0.4) is 0 Å². The predicted octanol–water partition coefficient (Wildman–Crippen LogP) is 2.99. The third kappa shape index (κ3) is 5.24. The Labute approximate surface area is 232 Å². The molecule has 3 atom stereocenters. The minimum Gasteiger partial charge on any atom is -0.478 e. The first-order valence-electron chi connectivity index (χ1n) is 13.6. The van der Waals surface area contributed by atoms with Gasteiger partial charge in [0.1, 0.15) is 6.61 Å². The minimum absolute atomic E-state index is 0.0278. The van der Waals surface area contributed by atoms with Crippen LogP contribution in [0, 0.1) is 6.92 Å². The molecule has 5 heterocycles. The Morgan fingerprint density at radius 2 is 2.00 bits per heavy atom. The number of benzene rings is 1. The van der Waals surface area contributed by atoms with Crippen molar-refractivity contribution < 1.29 is 19.0 Å². The van der Waals surface area contributed by atoms with Gasteiger partial charge in [0.2, 0.25) is 5.65 Å². The van der Waals surface area contributed by atoms with E-state index in [0.717, 1.165) is 49.3 Å². The highest BCUT2D eigenvalue weighted by Crippen LogP contribution is 2.31. The number of carbonyl (C=O) groups is 1. The van der Waals surface area contributed by atoms with E-state index in [4.69, 9.17) is 19.2 Å². The fraction of sp³-hybridized carbons (Fsp3) is 0.464. The Hall–Kier alpha value is -4.03. The number of anilines is 2. The van der Waals surface area contributed by atoms with Crippen molar-refractivity contribution >= 4 is 34.0 Å². The standard InChI is InChI=1S/C28H34N8O4/c1-16-11-35(12-17(2)30-16)22-8-7-20(24-21(22)10-29-28(34-24)40-15-19-6-5-9-39-19)26(37)32-23-14-36-13-18(3)31-25(36)27(33-23)38-4/h7-8,10,13-14,16-17,19,30H,5-6,9,11-12,15H2,1-4H3,(H,32,37)/t16-,17-,19+/m1/s1. The van der Waals surface area contributed by atoms with Crippen LogP contribution in [0.5, 0.6) is 11.9 Å². The average Bonchev–Trinajstić information content (AvgIpc) is 3.59. The summed E-state index contributed by atoms with van der Waals surface area (Å²) < 4.78 is 18.8. The van der Waals surface area contributed by atoms with Crippen LogP contribution in [0.2, 0.25) is 0 Å². The number of methoxy groups -OCH3 is 1. The molecule has 3 aromatic heterocycles. The van der Waals surface area contributed by atoms with Gasteiger partial charge in [0.15, 0.2) is 5.82 Å². The molecule has 0 bridgehead atoms. The molecule has 210 valence electrons. The summed E-state index contributed by atoms with van der Waals surface area (Å²) in [5, 5.41) is 7.26. The van der Waals surface area contributed by atoms with Crippen LogP contribution >= 0.6 is 0 Å². The third-order valence-corrected chi connectivity index (χ3v) is 7.23. The lowest BCUT2D eigenvalue weighted by Crippen LogP contribution is -2.54. The third-order valence-electron chi connectivity index (χ3n) is 7.23. The summed E-state index contributed by atoms with van der Waals surface area (Å²) in [6.07, 6.45) is 7.30. The summed E-state index contributed by atoms with van der Waals surface area (Å²) in [6.45, 7) is 8.99. The Bertz CT molecular complexity index is 1540. The summed E-state index contributed by atoms with van der Waals surface area (Å²) in [6, 6.07) is 4.62. The van der Waals surface area contributed by atoms with Crippen LogP contribution in [0.25, 0.3) is 16.6 Å². The lowest BCUT2D eigenvalue weighted by Gasteiger charge is -2.38. The molecule has 2 saturated heterocycles. The minimum atomic E-state index is -0.354. The zero-order valence-corrected chi connectivity index (χ0v) is 23.2. The number of rotatable bonds is 7. The van der Waals surface area contributed by atoms with Gasteiger partial charge in [-0.25, -0.2) is 9.97 Å². The van der Waals surface area contributed by atoms with E-state index < -0.39 is 0 Å². The molecule has 40 heavy (non-hydrogen) atoms. The highest BCUT2D eigenvalue weighted by molar-refractivity contribution is 6.13. The molecule has 1 aromatic carbocycles. The number of nitrogens with one attached hydrogen (secondary N) is 2. The Kier molecular flexibility index (Phi) is 7.11. The fourth-order valence-corrected chi connectivity index (χ4v) is 5.56. The number of piperazine rings is 1. The van der Waals surface area contributed by atoms with E-state index in [1.165, 1.54) is 7.11 Å². The van der Waals surface area contributed by atoms with Crippen molar-refractivity contribution in [3.63, 3.8) is 0 Å². The van der Waals surface area contributed by atoms with Crippen molar-refractivity contribution in [2.75, 3.05) is 43.6 Å². The number of hydrogen-bond donors (Lipinski definition) is 2. The van der Waals surface area contributed by atoms with Gasteiger partial charge in [0.05, 0.1) is 36.2 Å². The van der Waals surface area contributed by atoms with E-state index >= 15 is 0 Å². The smallest absolute Gasteiger partial charge is 0.317 e. The van der Waals surface area contributed by atoms with Crippen molar-refractivity contribution in [1.29, 1.82) is 0 Å². The van der Waals surface area contributed by atoms with Gasteiger partial charge in [0, 0.05) is 55.2 Å². The molecule has 0 spiro atoms. The maximum Gasteiger partial charge on any atom is 0.317 e. The highest BCUT2D eigenvalue weighted by atomic mass is 16.5. The molecule has 0 aliphatic carbocycles. The molecule has 2 N–H and O–H groups in total. The second kappa shape index (κ2) is 10.9. The van der Waals surface area contributed by atoms with Gasteiger partial charge in [0.25, 0.3) is 11.8 Å². The number of aromatic nitrogens is 5. The van der Waals surface area contributed by atoms with Crippen LogP contribution < -0.4 is 25.0 Å². The molecule has 2 aliphatic heterocycles. The van der Waals surface area contributed by atoms with Crippen LogP contribution in [0.15, 0.2) is 30.7 Å². The zero-order valence-electron chi connectivity index (χ0n) is 23.2. The van der Waals surface area contributed by atoms with Gasteiger partial charge < -0.3 is 29.7 Å². The molecule has 2 aliphatic rings. The SMILES string of the molecule is COc1nc(NC(=O)c2ccc(N3C[C@@H](C)N[C@H](C)C3)c3cnc(OC[C@@H]4CCCO4)nc23)cn2cc(C)nc12. The number of fused-ring (bicyclic) bond motifs is 2. The number of ether oxygens (including phenoxy) is 3. The summed E-state index contributed by atoms with van der Waals surface area (Å²) in [5.41, 5.74) is 3.27. The molecule has 1 amide bonds. The summed E-state index contributed by atoms with van der Waals surface area (Å²) in [5.74, 6) is 0.297. The molecule has 0 unspecified atom stereocenters. The predicted molar refractivity (Wildman–Crippen MR) is 151 cm³/mol. The highest BCUT2D eigenvalue weighted by Gasteiger charge is 2.25. The molecular formula is C28H34N8O4. The molecule has 12 heteroatoms. The van der Waals surface area contributed by atoms with Gasteiger partial charge in [-0.15, -0.1) is 0 Å².